The summed E-state index contributed by atoms with van der Waals surface area (Å²) in [5, 5.41) is 19.0. The number of nitrogens with two attached hydrogens (primary N) is 1. The quantitative estimate of drug-likeness (QED) is 0.338. The van der Waals surface area contributed by atoms with Crippen molar-refractivity contribution in [3.63, 3.8) is 0 Å². The average Bonchev–Trinajstić information content (AvgIpc) is 3.38. The lowest BCUT2D eigenvalue weighted by atomic mass is 9.91. The molecule has 3 aromatic rings. The third-order valence-corrected chi connectivity index (χ3v) is 9.93. The van der Waals surface area contributed by atoms with Gasteiger partial charge in [0.15, 0.2) is 5.82 Å². The molecule has 1 aromatic carbocycles. The fourth-order valence-corrected chi connectivity index (χ4v) is 7.40. The predicted molar refractivity (Wildman–Crippen MR) is 183 cm³/mol. The number of amides is 1. The van der Waals surface area contributed by atoms with E-state index in [1.165, 1.54) is 0 Å². The second-order valence-corrected chi connectivity index (χ2v) is 14.5. The number of carbonyl (C=O) groups excluding carboxylic acids is 1. The van der Waals surface area contributed by atoms with E-state index in [-0.39, 0.29) is 36.2 Å². The van der Waals surface area contributed by atoms with Gasteiger partial charge in [0, 0.05) is 74.6 Å². The smallest absolute Gasteiger partial charge is 0.410 e. The van der Waals surface area contributed by atoms with Gasteiger partial charge in [-0.05, 0) is 77.1 Å². The number of phenols is 1. The molecule has 48 heavy (non-hydrogen) atoms. The van der Waals surface area contributed by atoms with Crippen LogP contribution in [0, 0.1) is 0 Å². The number of para-hydroxylation sites is 1. The van der Waals surface area contributed by atoms with E-state index in [0.29, 0.717) is 42.1 Å². The van der Waals surface area contributed by atoms with E-state index < -0.39 is 5.60 Å². The number of nitrogen functional groups attached to an aromatic ring is 1. The molecule has 1 amide bonds. The van der Waals surface area contributed by atoms with Gasteiger partial charge < -0.3 is 39.8 Å². The van der Waals surface area contributed by atoms with Crippen molar-refractivity contribution in [2.45, 2.75) is 102 Å². The molecule has 2 aromatic heterocycles. The van der Waals surface area contributed by atoms with Crippen molar-refractivity contribution < 1.29 is 24.1 Å². The molecule has 1 aliphatic carbocycles. The Morgan fingerprint density at radius 3 is 2.40 bits per heavy atom. The number of rotatable bonds is 7. The van der Waals surface area contributed by atoms with Crippen molar-refractivity contribution in [3.05, 3.63) is 48.7 Å². The van der Waals surface area contributed by atoms with Crippen LogP contribution >= 0.6 is 0 Å². The maximum Gasteiger partial charge on any atom is 0.410 e. The van der Waals surface area contributed by atoms with Crippen molar-refractivity contribution in [2.24, 2.45) is 0 Å². The first kappa shape index (κ1) is 32.2. The van der Waals surface area contributed by atoms with Crippen LogP contribution in [0.1, 0.15) is 65.7 Å². The SMILES string of the molecule is CC(C)(C)OC(=O)N1CCC(OC2CC(Oc3cc(N4CC5CCCC4CN5c4cc(-c5ccccc5O)nnc4N)ccn3)C2)CC1. The highest BCUT2D eigenvalue weighted by atomic mass is 16.6. The van der Waals surface area contributed by atoms with E-state index in [1.54, 1.807) is 17.0 Å². The number of likely N-dealkylation sites (tertiary alicyclic amines) is 1. The summed E-state index contributed by atoms with van der Waals surface area (Å²) < 4.78 is 18.2. The first-order chi connectivity index (χ1) is 23.1. The number of aromatic nitrogens is 3. The number of aromatic hydroxyl groups is 1. The van der Waals surface area contributed by atoms with E-state index in [1.807, 2.05) is 45.2 Å². The van der Waals surface area contributed by atoms with Crippen LogP contribution in [0.3, 0.4) is 0 Å². The van der Waals surface area contributed by atoms with Gasteiger partial charge in [-0.1, -0.05) is 12.1 Å². The molecule has 8 rings (SSSR count). The molecule has 0 radical (unpaired) electrons. The number of piperidine rings is 1. The molecular formula is C36H47N7O5. The highest BCUT2D eigenvalue weighted by Gasteiger charge is 2.39. The van der Waals surface area contributed by atoms with E-state index in [9.17, 15) is 9.90 Å². The van der Waals surface area contributed by atoms with Crippen LogP contribution in [0.25, 0.3) is 11.3 Å². The zero-order chi connectivity index (χ0) is 33.4. The normalized spacial score (nSPS) is 24.6. The lowest BCUT2D eigenvalue weighted by Crippen LogP contribution is -2.57. The number of pyridine rings is 1. The van der Waals surface area contributed by atoms with E-state index in [2.05, 4.69) is 37.1 Å². The van der Waals surface area contributed by atoms with Gasteiger partial charge in [-0.25, -0.2) is 9.78 Å². The molecule has 5 aliphatic rings. The standard InChI is InChI=1S/C36H47N7O5/c1-36(2,3)48-35(45)41-15-12-26(13-16-41)46-27-18-28(19-27)47-33-17-23(11-14-38-33)42-21-25-8-6-7-24(42)22-43(25)31-20-30(39-40-34(31)37)29-9-4-5-10-32(29)44/h4-5,9-11,14,17,20,24-28,44H,6-8,12-13,15-16,18-19,21-22H2,1-3H3,(H2,37,40). The third-order valence-electron chi connectivity index (χ3n) is 9.93. The Hall–Kier alpha value is -4.32. The lowest BCUT2D eigenvalue weighted by Gasteiger charge is -2.46. The summed E-state index contributed by atoms with van der Waals surface area (Å²) in [7, 11) is 0. The van der Waals surface area contributed by atoms with Crippen molar-refractivity contribution in [1.82, 2.24) is 20.1 Å². The number of hydrogen-bond donors (Lipinski definition) is 2. The van der Waals surface area contributed by atoms with Gasteiger partial charge in [-0.3, -0.25) is 0 Å². The second kappa shape index (κ2) is 13.3. The Bertz CT molecular complexity index is 1600. The Morgan fingerprint density at radius 1 is 0.917 bits per heavy atom. The molecule has 5 fully saturated rings. The highest BCUT2D eigenvalue weighted by Crippen LogP contribution is 2.39. The maximum atomic E-state index is 12.4. The molecular weight excluding hydrogens is 610 g/mol. The van der Waals surface area contributed by atoms with Gasteiger partial charge in [0.25, 0.3) is 0 Å². The summed E-state index contributed by atoms with van der Waals surface area (Å²) in [5.41, 5.74) is 9.16. The molecule has 12 nitrogen and oxygen atoms in total. The average molecular weight is 658 g/mol. The van der Waals surface area contributed by atoms with Crippen LogP contribution < -0.4 is 20.3 Å². The van der Waals surface area contributed by atoms with Crippen LogP contribution in [0.5, 0.6) is 11.6 Å². The largest absolute Gasteiger partial charge is 0.507 e. The fourth-order valence-electron chi connectivity index (χ4n) is 7.40. The zero-order valence-corrected chi connectivity index (χ0v) is 28.1. The molecule has 0 spiro atoms. The minimum Gasteiger partial charge on any atom is -0.507 e. The summed E-state index contributed by atoms with van der Waals surface area (Å²) in [6, 6.07) is 13.8. The minimum atomic E-state index is -0.484. The summed E-state index contributed by atoms with van der Waals surface area (Å²) in [5.74, 6) is 1.22. The van der Waals surface area contributed by atoms with Crippen LogP contribution in [0.2, 0.25) is 0 Å². The molecule has 6 heterocycles. The number of fused-ring (bicyclic) bond motifs is 4. The van der Waals surface area contributed by atoms with Gasteiger partial charge in [-0.15, -0.1) is 10.2 Å². The van der Waals surface area contributed by atoms with Crippen LogP contribution in [0.15, 0.2) is 48.7 Å². The second-order valence-electron chi connectivity index (χ2n) is 14.5. The van der Waals surface area contributed by atoms with Gasteiger partial charge in [0.2, 0.25) is 5.88 Å². The van der Waals surface area contributed by atoms with Gasteiger partial charge in [-0.2, -0.15) is 0 Å². The molecule has 3 N–H and O–H groups in total. The minimum absolute atomic E-state index is 0.0797. The number of carbonyl (C=O) groups is 1. The van der Waals surface area contributed by atoms with Crippen molar-refractivity contribution in [1.29, 1.82) is 0 Å². The molecule has 256 valence electrons. The Morgan fingerprint density at radius 2 is 1.65 bits per heavy atom. The number of hydrogen-bond acceptors (Lipinski definition) is 11. The van der Waals surface area contributed by atoms with Crippen molar-refractivity contribution in [2.75, 3.05) is 41.7 Å². The van der Waals surface area contributed by atoms with Crippen LogP contribution in [-0.2, 0) is 9.47 Å². The van der Waals surface area contributed by atoms with E-state index >= 15 is 0 Å². The monoisotopic (exact) mass is 657 g/mol. The topological polar surface area (TPSA) is 139 Å². The van der Waals surface area contributed by atoms with Crippen LogP contribution in [-0.4, -0.2) is 93.5 Å². The number of benzene rings is 1. The Balaban J connectivity index is 0.934. The highest BCUT2D eigenvalue weighted by molar-refractivity contribution is 5.74. The molecule has 4 aliphatic heterocycles. The van der Waals surface area contributed by atoms with Gasteiger partial charge in [0.1, 0.15) is 17.5 Å². The number of anilines is 3. The fraction of sp³-hybridized carbons (Fsp3) is 0.556. The number of ether oxygens (including phenoxy) is 3. The summed E-state index contributed by atoms with van der Waals surface area (Å²) in [4.78, 5) is 23.6. The predicted octanol–water partition coefficient (Wildman–Crippen LogP) is 5.40. The van der Waals surface area contributed by atoms with Crippen LogP contribution in [0.4, 0.5) is 22.0 Å². The van der Waals surface area contributed by atoms with E-state index in [0.717, 1.165) is 69.4 Å². The first-order valence-corrected chi connectivity index (χ1v) is 17.3. The Kier molecular flexibility index (Phi) is 8.93. The summed E-state index contributed by atoms with van der Waals surface area (Å²) in [6.45, 7) is 8.66. The number of piperazine rings is 1. The molecule has 2 bridgehead atoms. The van der Waals surface area contributed by atoms with Gasteiger partial charge >= 0.3 is 6.09 Å². The molecule has 1 saturated carbocycles. The summed E-state index contributed by atoms with van der Waals surface area (Å²) in [6.07, 6.45) is 8.59. The molecule has 12 heteroatoms. The molecule has 2 atom stereocenters. The number of phenolic OH excluding ortho intramolecular Hbond substituents is 1. The summed E-state index contributed by atoms with van der Waals surface area (Å²) >= 11 is 0. The first-order valence-electron chi connectivity index (χ1n) is 17.3. The lowest BCUT2D eigenvalue weighted by molar-refractivity contribution is -0.110. The molecule has 2 unspecified atom stereocenters. The van der Waals surface area contributed by atoms with Gasteiger partial charge in [0.05, 0.1) is 23.6 Å². The number of nitrogens with zero attached hydrogens (tertiary/aromatic N) is 6. The Labute approximate surface area is 282 Å². The van der Waals surface area contributed by atoms with Crippen molar-refractivity contribution >= 4 is 23.3 Å². The zero-order valence-electron chi connectivity index (χ0n) is 28.1. The molecule has 4 saturated heterocycles. The third kappa shape index (κ3) is 7.08. The maximum absolute atomic E-state index is 12.4. The van der Waals surface area contributed by atoms with E-state index in [4.69, 9.17) is 19.9 Å². The van der Waals surface area contributed by atoms with Crippen molar-refractivity contribution in [3.8, 4) is 22.9 Å².